The van der Waals surface area contributed by atoms with E-state index in [9.17, 15) is 0 Å². The molecule has 0 aliphatic heterocycles. The first-order chi connectivity index (χ1) is 9.75. The number of nitrogens with one attached hydrogen (secondary N) is 1. The molecule has 2 aromatic rings. The second-order valence-corrected chi connectivity index (χ2v) is 5.73. The minimum Gasteiger partial charge on any atom is -0.334 e. The molecule has 0 unspecified atom stereocenters. The van der Waals surface area contributed by atoms with Crippen LogP contribution in [-0.4, -0.2) is 39.1 Å². The van der Waals surface area contributed by atoms with Gasteiger partial charge >= 0.3 is 0 Å². The summed E-state index contributed by atoms with van der Waals surface area (Å²) < 4.78 is 0.965. The van der Waals surface area contributed by atoms with Crippen LogP contribution in [0.1, 0.15) is 45.9 Å². The lowest BCUT2D eigenvalue weighted by atomic mass is 10.3. The topological polar surface area (TPSA) is 54.5 Å². The zero-order valence-electron chi connectivity index (χ0n) is 12.7. The molecule has 0 aromatic carbocycles. The van der Waals surface area contributed by atoms with Crippen molar-refractivity contribution in [2.45, 2.75) is 52.5 Å². The van der Waals surface area contributed by atoms with Crippen molar-refractivity contribution < 1.29 is 0 Å². The molecule has 5 heteroatoms. The van der Waals surface area contributed by atoms with Crippen molar-refractivity contribution >= 4 is 17.0 Å². The van der Waals surface area contributed by atoms with E-state index in [1.165, 1.54) is 12.8 Å². The average molecular weight is 274 g/mol. The summed E-state index contributed by atoms with van der Waals surface area (Å²) in [7, 11) is 0. The largest absolute Gasteiger partial charge is 0.334 e. The molecule has 108 valence electrons. The van der Waals surface area contributed by atoms with E-state index in [4.69, 9.17) is 0 Å². The number of hydrogen-bond acceptors (Lipinski definition) is 3. The van der Waals surface area contributed by atoms with Gasteiger partial charge in [0, 0.05) is 19.3 Å². The van der Waals surface area contributed by atoms with Gasteiger partial charge in [0.15, 0.2) is 11.2 Å². The van der Waals surface area contributed by atoms with Crippen molar-refractivity contribution in [1.82, 2.24) is 24.4 Å². The molecule has 0 amide bonds. The highest BCUT2D eigenvalue weighted by molar-refractivity contribution is 5.82. The number of quaternary nitrogens is 1. The lowest BCUT2D eigenvalue weighted by molar-refractivity contribution is 0.284. The molecule has 2 aromatic heterocycles. The minimum atomic E-state index is 0.723. The molecular weight excluding hydrogens is 250 g/mol. The third-order valence-corrected chi connectivity index (χ3v) is 4.60. The number of hydrogen-bond donors (Lipinski definition) is 1. The van der Waals surface area contributed by atoms with E-state index in [1.807, 2.05) is 0 Å². The van der Waals surface area contributed by atoms with Crippen molar-refractivity contribution in [2.75, 3.05) is 13.1 Å². The molecule has 2 heterocycles. The van der Waals surface area contributed by atoms with E-state index >= 15 is 0 Å². The standard InChI is InChI=1S/C15H24N5/c1-4-7-12-18-13-14(19-12)16-10-17-15(13)20(5-2,6-3)11-8-9-11/h10-11H,4-9H2,1-3H3,(H,16,17,18,19)/q+1. The summed E-state index contributed by atoms with van der Waals surface area (Å²) in [6, 6.07) is 0.723. The van der Waals surface area contributed by atoms with Gasteiger partial charge in [0.1, 0.15) is 12.2 Å². The fraction of sp³-hybridized carbons (Fsp3) is 0.667. The second kappa shape index (κ2) is 5.13. The fourth-order valence-electron chi connectivity index (χ4n) is 3.34. The highest BCUT2D eigenvalue weighted by atomic mass is 15.4. The zero-order valence-corrected chi connectivity index (χ0v) is 12.7. The van der Waals surface area contributed by atoms with E-state index in [0.29, 0.717) is 0 Å². The molecule has 3 rings (SSSR count). The van der Waals surface area contributed by atoms with Crippen molar-refractivity contribution in [3.8, 4) is 0 Å². The Morgan fingerprint density at radius 3 is 2.55 bits per heavy atom. The van der Waals surface area contributed by atoms with Crippen LogP contribution < -0.4 is 4.48 Å². The molecule has 0 saturated heterocycles. The average Bonchev–Trinajstić information content (AvgIpc) is 3.22. The summed E-state index contributed by atoms with van der Waals surface area (Å²) >= 11 is 0. The Morgan fingerprint density at radius 1 is 1.20 bits per heavy atom. The smallest absolute Gasteiger partial charge is 0.257 e. The van der Waals surface area contributed by atoms with Crippen LogP contribution in [0.4, 0.5) is 5.82 Å². The van der Waals surface area contributed by atoms with Crippen molar-refractivity contribution in [1.29, 1.82) is 0 Å². The summed E-state index contributed by atoms with van der Waals surface area (Å²) in [6.07, 6.45) is 6.35. The number of rotatable bonds is 6. The molecule has 0 radical (unpaired) electrons. The maximum Gasteiger partial charge on any atom is 0.257 e. The van der Waals surface area contributed by atoms with Gasteiger partial charge in [0.25, 0.3) is 5.82 Å². The molecular formula is C15H24N5+. The Balaban J connectivity index is 2.14. The highest BCUT2D eigenvalue weighted by Crippen LogP contribution is 2.39. The third kappa shape index (κ3) is 2.00. The van der Waals surface area contributed by atoms with Gasteiger partial charge in [-0.2, -0.15) is 4.98 Å². The number of nitrogens with zero attached hydrogens (tertiary/aromatic N) is 4. The number of aromatic nitrogens is 4. The van der Waals surface area contributed by atoms with Gasteiger partial charge < -0.3 is 4.98 Å². The second-order valence-electron chi connectivity index (χ2n) is 5.73. The van der Waals surface area contributed by atoms with Crippen LogP contribution in [0.3, 0.4) is 0 Å². The van der Waals surface area contributed by atoms with E-state index in [1.54, 1.807) is 6.33 Å². The first-order valence-corrected chi connectivity index (χ1v) is 7.82. The molecule has 1 fully saturated rings. The molecule has 5 nitrogen and oxygen atoms in total. The Kier molecular flexibility index (Phi) is 3.46. The SMILES string of the molecule is CCCc1nc2ncnc([N+](CC)(CC)C3CC3)c2[nH]1. The number of H-pyrrole nitrogens is 1. The van der Waals surface area contributed by atoms with E-state index < -0.39 is 0 Å². The summed E-state index contributed by atoms with van der Waals surface area (Å²) in [6.45, 7) is 8.85. The van der Waals surface area contributed by atoms with Gasteiger partial charge in [0.05, 0.1) is 19.1 Å². The maximum atomic E-state index is 4.65. The van der Waals surface area contributed by atoms with Gasteiger partial charge in [-0.05, 0) is 20.3 Å². The van der Waals surface area contributed by atoms with Gasteiger partial charge in [-0.1, -0.05) is 6.92 Å². The Labute approximate surface area is 120 Å². The van der Waals surface area contributed by atoms with Crippen molar-refractivity contribution in [3.63, 3.8) is 0 Å². The zero-order chi connectivity index (χ0) is 14.2. The quantitative estimate of drug-likeness (QED) is 0.824. The molecule has 20 heavy (non-hydrogen) atoms. The van der Waals surface area contributed by atoms with E-state index in [0.717, 1.165) is 59.3 Å². The van der Waals surface area contributed by atoms with Crippen LogP contribution in [-0.2, 0) is 6.42 Å². The maximum absolute atomic E-state index is 4.65. The lowest BCUT2D eigenvalue weighted by Gasteiger charge is -2.35. The van der Waals surface area contributed by atoms with Crippen LogP contribution in [0, 0.1) is 0 Å². The Morgan fingerprint density at radius 2 is 1.95 bits per heavy atom. The third-order valence-electron chi connectivity index (χ3n) is 4.60. The van der Waals surface area contributed by atoms with Crippen LogP contribution >= 0.6 is 0 Å². The molecule has 1 aliphatic carbocycles. The van der Waals surface area contributed by atoms with Crippen LogP contribution in [0.5, 0.6) is 0 Å². The van der Waals surface area contributed by atoms with Crippen LogP contribution in [0.15, 0.2) is 6.33 Å². The number of fused-ring (bicyclic) bond motifs is 1. The highest BCUT2D eigenvalue weighted by Gasteiger charge is 2.46. The molecule has 0 spiro atoms. The van der Waals surface area contributed by atoms with Crippen LogP contribution in [0.25, 0.3) is 11.2 Å². The summed E-state index contributed by atoms with van der Waals surface area (Å²) in [5, 5.41) is 0. The fourth-order valence-corrected chi connectivity index (χ4v) is 3.34. The van der Waals surface area contributed by atoms with Gasteiger partial charge in [-0.25, -0.2) is 9.97 Å². The Hall–Kier alpha value is -1.49. The number of aromatic amines is 1. The Bertz CT molecular complexity index is 595. The molecule has 1 N–H and O–H groups in total. The van der Waals surface area contributed by atoms with Gasteiger partial charge in [0.2, 0.25) is 0 Å². The molecule has 0 atom stereocenters. The van der Waals surface area contributed by atoms with Gasteiger partial charge in [-0.3, -0.25) is 4.48 Å². The van der Waals surface area contributed by atoms with E-state index in [2.05, 4.69) is 40.7 Å². The van der Waals surface area contributed by atoms with Crippen molar-refractivity contribution in [3.05, 3.63) is 12.2 Å². The first-order valence-electron chi connectivity index (χ1n) is 7.82. The van der Waals surface area contributed by atoms with E-state index in [-0.39, 0.29) is 0 Å². The minimum absolute atomic E-state index is 0.723. The first kappa shape index (κ1) is 13.5. The predicted molar refractivity (Wildman–Crippen MR) is 81.6 cm³/mol. The summed E-state index contributed by atoms with van der Waals surface area (Å²) in [5.41, 5.74) is 1.87. The molecule has 1 saturated carbocycles. The summed E-state index contributed by atoms with van der Waals surface area (Å²) in [4.78, 5) is 17.1. The molecule has 0 bridgehead atoms. The number of aryl methyl sites for hydroxylation is 1. The summed E-state index contributed by atoms with van der Waals surface area (Å²) in [5.74, 6) is 2.17. The monoisotopic (exact) mass is 274 g/mol. The van der Waals surface area contributed by atoms with Crippen molar-refractivity contribution in [2.24, 2.45) is 0 Å². The van der Waals surface area contributed by atoms with Crippen LogP contribution in [0.2, 0.25) is 0 Å². The predicted octanol–water partition coefficient (Wildman–Crippen LogP) is 2.81. The van der Waals surface area contributed by atoms with Gasteiger partial charge in [-0.15, -0.1) is 0 Å². The molecule has 1 aliphatic rings. The number of imidazole rings is 1. The lowest BCUT2D eigenvalue weighted by Crippen LogP contribution is -2.51. The normalized spacial score (nSPS) is 15.9.